The average Bonchev–Trinajstić information content (AvgIpc) is 3.91. The van der Waals surface area contributed by atoms with Crippen molar-refractivity contribution >= 4 is 15.8 Å². The number of aromatic nitrogens is 2. The van der Waals surface area contributed by atoms with E-state index in [4.69, 9.17) is 4.74 Å². The maximum atomic E-state index is 15.9. The quantitative estimate of drug-likeness (QED) is 0.184. The molecule has 3 aliphatic rings. The average molecular weight is 723 g/mol. The summed E-state index contributed by atoms with van der Waals surface area (Å²) in [5.74, 6) is -0.523. The lowest BCUT2D eigenvalue weighted by molar-refractivity contribution is -0.143. The Morgan fingerprint density at radius 2 is 1.49 bits per heavy atom. The highest BCUT2D eigenvalue weighted by atomic mass is 32.2. The summed E-state index contributed by atoms with van der Waals surface area (Å²) < 4.78 is 143. The van der Waals surface area contributed by atoms with E-state index in [0.29, 0.717) is 37.1 Å². The van der Waals surface area contributed by atoms with Crippen LogP contribution in [0.1, 0.15) is 68.7 Å². The number of benzene rings is 1. The van der Waals surface area contributed by atoms with Gasteiger partial charge in [-0.1, -0.05) is 0 Å². The second-order valence-electron chi connectivity index (χ2n) is 13.5. The van der Waals surface area contributed by atoms with Crippen molar-refractivity contribution in [3.05, 3.63) is 70.5 Å². The fraction of sp³-hybridized carbons (Fsp3) is 0.576. The first-order chi connectivity index (χ1) is 22.7. The molecule has 1 aromatic heterocycles. The number of ether oxygens (including phenoxy) is 1. The summed E-state index contributed by atoms with van der Waals surface area (Å²) in [6.45, 7) is 3.09. The van der Waals surface area contributed by atoms with Crippen LogP contribution in [0.25, 0.3) is 0 Å². The number of hydrogen-bond acceptors (Lipinski definition) is 7. The van der Waals surface area contributed by atoms with E-state index < -0.39 is 50.9 Å². The number of allylic oxidation sites excluding steroid dienone is 2. The molecule has 0 bridgehead atoms. The molecule has 49 heavy (non-hydrogen) atoms. The maximum absolute atomic E-state index is 15.9. The minimum atomic E-state index is -5.10. The zero-order valence-electron chi connectivity index (χ0n) is 27.2. The topological polar surface area (TPSA) is 75.6 Å². The van der Waals surface area contributed by atoms with E-state index in [1.54, 1.807) is 0 Å². The highest BCUT2D eigenvalue weighted by molar-refractivity contribution is 7.90. The highest BCUT2D eigenvalue weighted by Gasteiger charge is 2.40. The van der Waals surface area contributed by atoms with Crippen molar-refractivity contribution in [2.24, 2.45) is 11.8 Å². The van der Waals surface area contributed by atoms with E-state index in [0.717, 1.165) is 38.0 Å². The number of hydrogen-bond donors (Lipinski definition) is 0. The summed E-state index contributed by atoms with van der Waals surface area (Å²) in [5, 5.41) is 0. The van der Waals surface area contributed by atoms with E-state index in [-0.39, 0.29) is 59.9 Å². The summed E-state index contributed by atoms with van der Waals surface area (Å²) in [5.41, 5.74) is -5.08. The Morgan fingerprint density at radius 3 is 1.96 bits per heavy atom. The molecule has 2 fully saturated rings. The van der Waals surface area contributed by atoms with Gasteiger partial charge in [-0.2, -0.15) is 26.3 Å². The Morgan fingerprint density at radius 1 is 0.959 bits per heavy atom. The fourth-order valence-electron chi connectivity index (χ4n) is 5.87. The summed E-state index contributed by atoms with van der Waals surface area (Å²) in [6.07, 6.45) is -2.34. The molecule has 1 aromatic carbocycles. The van der Waals surface area contributed by atoms with Gasteiger partial charge in [-0.15, -0.1) is 0 Å². The van der Waals surface area contributed by atoms with Crippen LogP contribution in [-0.2, 0) is 22.2 Å². The van der Waals surface area contributed by atoms with Gasteiger partial charge < -0.3 is 14.5 Å². The molecule has 0 aliphatic heterocycles. The Kier molecular flexibility index (Phi) is 10.3. The molecular weight excluding hydrogens is 684 g/mol. The number of anilines is 1. The molecule has 2 atom stereocenters. The molecule has 2 aromatic rings. The number of nitrogens with zero attached hydrogens (tertiary/aromatic N) is 4. The maximum Gasteiger partial charge on any atom is 0.416 e. The lowest BCUT2D eigenvalue weighted by Crippen LogP contribution is -2.38. The first-order valence-electron chi connectivity index (χ1n) is 15.9. The van der Waals surface area contributed by atoms with Gasteiger partial charge in [-0.3, -0.25) is 0 Å². The van der Waals surface area contributed by atoms with Gasteiger partial charge in [-0.05, 0) is 86.8 Å². The lowest BCUT2D eigenvalue weighted by Gasteiger charge is -2.38. The van der Waals surface area contributed by atoms with Gasteiger partial charge in [0.1, 0.15) is 18.1 Å². The first kappa shape index (κ1) is 36.8. The standard InChI is InChI=1S/C33H38F8N4O3S/c1-20(23-10-25(32(36,37)38)12-26(11-23)33(39,40)41)45(30-42-15-27(16-43-30)48-8-9-49(3,46)47)19-24-13-31(2,35)14-28(34)29(24)44(17-21-4-5-21)18-22-6-7-22/h10-12,14-16,20-22H,4-9,13,17-19H2,1-3H3. The van der Waals surface area contributed by atoms with Crippen LogP contribution in [0.4, 0.5) is 41.1 Å². The largest absolute Gasteiger partial charge is 0.489 e. The molecular formula is C33H38F8N4O3S. The first-order valence-corrected chi connectivity index (χ1v) is 18.0. The van der Waals surface area contributed by atoms with Crippen LogP contribution in [0, 0.1) is 11.8 Å². The Balaban J connectivity index is 1.59. The summed E-state index contributed by atoms with van der Waals surface area (Å²) >= 11 is 0. The van der Waals surface area contributed by atoms with Crippen LogP contribution in [-0.4, -0.2) is 67.2 Å². The third-order valence-corrected chi connectivity index (χ3v) is 9.64. The van der Waals surface area contributed by atoms with Gasteiger partial charge in [0.15, 0.2) is 15.6 Å². The molecule has 270 valence electrons. The zero-order valence-corrected chi connectivity index (χ0v) is 28.0. The van der Waals surface area contributed by atoms with Crippen LogP contribution >= 0.6 is 0 Å². The normalized spacial score (nSPS) is 21.0. The molecule has 0 N–H and O–H groups in total. The smallest absolute Gasteiger partial charge is 0.416 e. The number of alkyl halides is 7. The van der Waals surface area contributed by atoms with Gasteiger partial charge in [0, 0.05) is 32.3 Å². The minimum Gasteiger partial charge on any atom is -0.489 e. The van der Waals surface area contributed by atoms with Crippen LogP contribution in [0.3, 0.4) is 0 Å². The molecule has 5 rings (SSSR count). The van der Waals surface area contributed by atoms with Crippen LogP contribution < -0.4 is 9.64 Å². The molecule has 7 nitrogen and oxygen atoms in total. The van der Waals surface area contributed by atoms with Gasteiger partial charge in [0.2, 0.25) is 5.95 Å². The third kappa shape index (κ3) is 10.1. The molecule has 0 radical (unpaired) electrons. The fourth-order valence-corrected chi connectivity index (χ4v) is 6.26. The van der Waals surface area contributed by atoms with E-state index in [2.05, 4.69) is 9.97 Å². The summed E-state index contributed by atoms with van der Waals surface area (Å²) in [4.78, 5) is 11.7. The molecule has 1 heterocycles. The molecule has 0 saturated heterocycles. The second kappa shape index (κ2) is 13.7. The number of rotatable bonds is 14. The molecule has 2 saturated carbocycles. The Hall–Kier alpha value is -3.43. The minimum absolute atomic E-state index is 0.0316. The van der Waals surface area contributed by atoms with Crippen molar-refractivity contribution in [1.82, 2.24) is 14.9 Å². The second-order valence-corrected chi connectivity index (χ2v) is 15.8. The summed E-state index contributed by atoms with van der Waals surface area (Å²) in [6, 6.07) is -0.00550. The number of sulfone groups is 1. The Labute approximate surface area is 280 Å². The third-order valence-electron chi connectivity index (χ3n) is 8.73. The predicted molar refractivity (Wildman–Crippen MR) is 167 cm³/mol. The van der Waals surface area contributed by atoms with Crippen LogP contribution in [0.5, 0.6) is 5.75 Å². The van der Waals surface area contributed by atoms with Crippen molar-refractivity contribution < 1.29 is 48.3 Å². The van der Waals surface area contributed by atoms with Gasteiger partial charge in [-0.25, -0.2) is 27.2 Å². The SMILES string of the molecule is CC(c1cc(C(F)(F)F)cc(C(F)(F)F)c1)N(CC1=C(N(CC2CC2)CC2CC2)C(F)=CC(C)(F)C1)c1ncc(OCCS(C)(=O)=O)cn1. The molecule has 2 unspecified atom stereocenters. The van der Waals surface area contributed by atoms with Crippen molar-refractivity contribution in [2.45, 2.75) is 70.0 Å². The van der Waals surface area contributed by atoms with Crippen LogP contribution in [0.15, 0.2) is 53.8 Å². The van der Waals surface area contributed by atoms with E-state index in [1.807, 2.05) is 4.90 Å². The van der Waals surface area contributed by atoms with Gasteiger partial charge >= 0.3 is 12.4 Å². The van der Waals surface area contributed by atoms with E-state index in [1.165, 1.54) is 31.1 Å². The highest BCUT2D eigenvalue weighted by Crippen LogP contribution is 2.43. The van der Waals surface area contributed by atoms with Gasteiger partial charge in [0.25, 0.3) is 0 Å². The molecule has 0 spiro atoms. The van der Waals surface area contributed by atoms with E-state index >= 15 is 8.78 Å². The van der Waals surface area contributed by atoms with Gasteiger partial charge in [0.05, 0.1) is 41.0 Å². The lowest BCUT2D eigenvalue weighted by atomic mass is 9.89. The van der Waals surface area contributed by atoms with Crippen molar-refractivity contribution in [2.75, 3.05) is 43.1 Å². The van der Waals surface area contributed by atoms with Crippen molar-refractivity contribution in [3.8, 4) is 5.75 Å². The number of halogens is 8. The molecule has 0 amide bonds. The molecule has 16 heteroatoms. The predicted octanol–water partition coefficient (Wildman–Crippen LogP) is 7.87. The monoisotopic (exact) mass is 722 g/mol. The van der Waals surface area contributed by atoms with E-state index in [9.17, 15) is 34.8 Å². The van der Waals surface area contributed by atoms with Crippen molar-refractivity contribution in [3.63, 3.8) is 0 Å². The summed E-state index contributed by atoms with van der Waals surface area (Å²) in [7, 11) is -3.35. The molecule has 3 aliphatic carbocycles. The zero-order chi connectivity index (χ0) is 35.9. The van der Waals surface area contributed by atoms with Crippen LogP contribution in [0.2, 0.25) is 0 Å². The van der Waals surface area contributed by atoms with Crippen molar-refractivity contribution in [1.29, 1.82) is 0 Å². The Bertz CT molecular complexity index is 1640.